The second-order valence-electron chi connectivity index (χ2n) is 6.74. The molecule has 0 fully saturated rings. The molecule has 3 aromatic carbocycles. The molecule has 0 N–H and O–H groups in total. The number of hydrogen-bond donors (Lipinski definition) is 0. The first kappa shape index (κ1) is 20.6. The Kier molecular flexibility index (Phi) is 6.35. The zero-order valence-electron chi connectivity index (χ0n) is 16.2. The van der Waals surface area contributed by atoms with Crippen LogP contribution in [0.15, 0.2) is 78.9 Å². The number of ether oxygens (including phenoxy) is 2. The van der Waals surface area contributed by atoms with Crippen molar-refractivity contribution in [2.75, 3.05) is 0 Å². The Balaban J connectivity index is 1.90. The van der Waals surface area contributed by atoms with Gasteiger partial charge < -0.3 is 9.47 Å². The van der Waals surface area contributed by atoms with Crippen molar-refractivity contribution in [1.29, 1.82) is 0 Å². The normalized spacial score (nSPS) is 12.7. The molecule has 3 aromatic rings. The van der Waals surface area contributed by atoms with Crippen LogP contribution in [0.4, 0.5) is 0 Å². The van der Waals surface area contributed by atoms with E-state index in [1.54, 1.807) is 12.1 Å². The molecule has 0 heterocycles. The van der Waals surface area contributed by atoms with Gasteiger partial charge in [0.25, 0.3) is 0 Å². The van der Waals surface area contributed by atoms with Gasteiger partial charge in [-0.15, -0.1) is 11.6 Å². The summed E-state index contributed by atoms with van der Waals surface area (Å²) in [4.78, 5) is 22.9. The van der Waals surface area contributed by atoms with Gasteiger partial charge in [-0.25, -0.2) is 4.79 Å². The van der Waals surface area contributed by atoms with E-state index in [1.807, 2.05) is 66.7 Å². The highest BCUT2D eigenvalue weighted by Gasteiger charge is 2.38. The van der Waals surface area contributed by atoms with Crippen molar-refractivity contribution in [3.63, 3.8) is 0 Å². The van der Waals surface area contributed by atoms with Crippen LogP contribution in [-0.2, 0) is 25.8 Å². The number of esters is 2. The van der Waals surface area contributed by atoms with E-state index in [1.165, 1.54) is 13.8 Å². The molecule has 1 atom stereocenters. The average molecular weight is 409 g/mol. The minimum Gasteiger partial charge on any atom is -0.459 e. The highest BCUT2D eigenvalue weighted by molar-refractivity contribution is 6.33. The zero-order chi connectivity index (χ0) is 20.9. The third-order valence-electron chi connectivity index (χ3n) is 4.44. The van der Waals surface area contributed by atoms with Crippen molar-refractivity contribution in [3.05, 3.63) is 90.0 Å². The molecule has 1 unspecified atom stereocenters. The fourth-order valence-corrected chi connectivity index (χ4v) is 3.14. The lowest BCUT2D eigenvalue weighted by Gasteiger charge is -2.23. The van der Waals surface area contributed by atoms with Crippen LogP contribution in [0.5, 0.6) is 5.75 Å². The Hall–Kier alpha value is -3.11. The first-order valence-corrected chi connectivity index (χ1v) is 9.54. The number of alkyl halides is 1. The SMILES string of the molecule is CC(=O)Oc1cc(-c2ccccc2)ccc1C(C)(Cl)C(=O)OCc1ccccc1. The fourth-order valence-electron chi connectivity index (χ4n) is 2.93. The van der Waals surface area contributed by atoms with Gasteiger partial charge in [0.1, 0.15) is 12.4 Å². The van der Waals surface area contributed by atoms with Crippen molar-refractivity contribution >= 4 is 23.5 Å². The topological polar surface area (TPSA) is 52.6 Å². The van der Waals surface area contributed by atoms with Crippen LogP contribution < -0.4 is 4.74 Å². The van der Waals surface area contributed by atoms with E-state index in [9.17, 15) is 9.59 Å². The highest BCUT2D eigenvalue weighted by atomic mass is 35.5. The molecule has 0 radical (unpaired) electrons. The molecule has 0 saturated heterocycles. The number of carbonyl (C=O) groups excluding carboxylic acids is 2. The molecule has 4 nitrogen and oxygen atoms in total. The van der Waals surface area contributed by atoms with Gasteiger partial charge in [-0.05, 0) is 29.7 Å². The van der Waals surface area contributed by atoms with Crippen molar-refractivity contribution < 1.29 is 19.1 Å². The van der Waals surface area contributed by atoms with Crippen LogP contribution >= 0.6 is 11.6 Å². The lowest BCUT2D eigenvalue weighted by Crippen LogP contribution is -2.29. The molecule has 0 aliphatic rings. The first-order valence-electron chi connectivity index (χ1n) is 9.16. The number of benzene rings is 3. The quantitative estimate of drug-likeness (QED) is 0.308. The van der Waals surface area contributed by atoms with Gasteiger partial charge in [0.2, 0.25) is 0 Å². The van der Waals surface area contributed by atoms with Crippen molar-refractivity contribution in [3.8, 4) is 16.9 Å². The Bertz CT molecular complexity index is 998. The van der Waals surface area contributed by atoms with Crippen LogP contribution in [-0.4, -0.2) is 11.9 Å². The van der Waals surface area contributed by atoms with Crippen molar-refractivity contribution in [2.45, 2.75) is 25.3 Å². The van der Waals surface area contributed by atoms with Crippen LogP contribution in [0.3, 0.4) is 0 Å². The smallest absolute Gasteiger partial charge is 0.331 e. The molecular weight excluding hydrogens is 388 g/mol. The molecule has 0 aromatic heterocycles. The Morgan fingerprint density at radius 2 is 1.52 bits per heavy atom. The van der Waals surface area contributed by atoms with E-state index >= 15 is 0 Å². The summed E-state index contributed by atoms with van der Waals surface area (Å²) in [5.41, 5.74) is 3.02. The van der Waals surface area contributed by atoms with Gasteiger partial charge in [-0.3, -0.25) is 4.79 Å². The Morgan fingerprint density at radius 1 is 0.897 bits per heavy atom. The van der Waals surface area contributed by atoms with Gasteiger partial charge in [-0.1, -0.05) is 72.8 Å². The van der Waals surface area contributed by atoms with Gasteiger partial charge in [-0.2, -0.15) is 0 Å². The number of rotatable bonds is 6. The molecule has 148 valence electrons. The lowest BCUT2D eigenvalue weighted by molar-refractivity contribution is -0.148. The summed E-state index contributed by atoms with van der Waals surface area (Å²) >= 11 is 6.60. The molecule has 0 aliphatic heterocycles. The monoisotopic (exact) mass is 408 g/mol. The van der Waals surface area contributed by atoms with Crippen LogP contribution in [0.2, 0.25) is 0 Å². The standard InChI is InChI=1S/C24H21ClO4/c1-17(26)29-22-15-20(19-11-7-4-8-12-19)13-14-21(22)24(2,25)23(27)28-16-18-9-5-3-6-10-18/h3-15H,16H2,1-2H3. The summed E-state index contributed by atoms with van der Waals surface area (Å²) in [6, 6.07) is 24.2. The van der Waals surface area contributed by atoms with Crippen LogP contribution in [0.1, 0.15) is 25.0 Å². The van der Waals surface area contributed by atoms with E-state index in [-0.39, 0.29) is 12.4 Å². The third kappa shape index (κ3) is 5.04. The minimum absolute atomic E-state index is 0.104. The summed E-state index contributed by atoms with van der Waals surface area (Å²) in [6.07, 6.45) is 0. The second kappa shape index (κ2) is 8.93. The van der Waals surface area contributed by atoms with Crippen molar-refractivity contribution in [1.82, 2.24) is 0 Å². The molecule has 0 aliphatic carbocycles. The predicted octanol–water partition coefficient (Wildman–Crippen LogP) is 5.48. The zero-order valence-corrected chi connectivity index (χ0v) is 17.0. The number of halogens is 1. The second-order valence-corrected chi connectivity index (χ2v) is 7.49. The summed E-state index contributed by atoms with van der Waals surface area (Å²) in [6.45, 7) is 2.94. The molecule has 0 bridgehead atoms. The Labute approximate surface area is 175 Å². The van der Waals surface area contributed by atoms with E-state index in [0.29, 0.717) is 5.56 Å². The molecule has 0 saturated carbocycles. The first-order chi connectivity index (χ1) is 13.9. The molecule has 0 amide bonds. The maximum Gasteiger partial charge on any atom is 0.331 e. The van der Waals surface area contributed by atoms with Crippen molar-refractivity contribution in [2.24, 2.45) is 0 Å². The molecule has 5 heteroatoms. The summed E-state index contributed by atoms with van der Waals surface area (Å²) in [5, 5.41) is 0. The van der Waals surface area contributed by atoms with E-state index in [2.05, 4.69) is 0 Å². The van der Waals surface area contributed by atoms with E-state index < -0.39 is 16.8 Å². The number of hydrogen-bond acceptors (Lipinski definition) is 4. The summed E-state index contributed by atoms with van der Waals surface area (Å²) < 4.78 is 10.8. The lowest BCUT2D eigenvalue weighted by atomic mass is 9.95. The van der Waals surface area contributed by atoms with Crippen LogP contribution in [0.25, 0.3) is 11.1 Å². The number of carbonyl (C=O) groups is 2. The largest absolute Gasteiger partial charge is 0.459 e. The minimum atomic E-state index is -1.52. The van der Waals surface area contributed by atoms with Gasteiger partial charge in [0.05, 0.1) is 0 Å². The Morgan fingerprint density at radius 3 is 2.14 bits per heavy atom. The maximum atomic E-state index is 12.7. The van der Waals surface area contributed by atoms with E-state index in [0.717, 1.165) is 16.7 Å². The van der Waals surface area contributed by atoms with E-state index in [4.69, 9.17) is 21.1 Å². The summed E-state index contributed by atoms with van der Waals surface area (Å²) in [5.74, 6) is -0.890. The average Bonchev–Trinajstić information content (AvgIpc) is 2.72. The molecule has 3 rings (SSSR count). The molecule has 29 heavy (non-hydrogen) atoms. The fraction of sp³-hybridized carbons (Fsp3) is 0.167. The van der Waals surface area contributed by atoms with Gasteiger partial charge in [0.15, 0.2) is 4.87 Å². The predicted molar refractivity (Wildman–Crippen MR) is 113 cm³/mol. The highest BCUT2D eigenvalue weighted by Crippen LogP contribution is 2.39. The third-order valence-corrected chi connectivity index (χ3v) is 4.80. The summed E-state index contributed by atoms with van der Waals surface area (Å²) in [7, 11) is 0. The van der Waals surface area contributed by atoms with Crippen LogP contribution in [0, 0.1) is 0 Å². The molecular formula is C24H21ClO4. The maximum absolute atomic E-state index is 12.7. The van der Waals surface area contributed by atoms with Gasteiger partial charge >= 0.3 is 11.9 Å². The molecule has 0 spiro atoms. The van der Waals surface area contributed by atoms with Gasteiger partial charge in [0, 0.05) is 12.5 Å².